The van der Waals surface area contributed by atoms with Crippen molar-refractivity contribution in [3.05, 3.63) is 106 Å². The average molecular weight is 558 g/mol. The van der Waals surface area contributed by atoms with E-state index in [2.05, 4.69) is 24.4 Å². The summed E-state index contributed by atoms with van der Waals surface area (Å²) in [5.41, 5.74) is 2.98. The lowest BCUT2D eigenvalue weighted by molar-refractivity contribution is -0.141. The van der Waals surface area contributed by atoms with Crippen molar-refractivity contribution in [2.24, 2.45) is 0 Å². The molecular formula is C30H34Cl2N2O2S. The Morgan fingerprint density at radius 3 is 2.27 bits per heavy atom. The summed E-state index contributed by atoms with van der Waals surface area (Å²) in [6, 6.07) is 24.6. The fourth-order valence-electron chi connectivity index (χ4n) is 3.96. The summed E-state index contributed by atoms with van der Waals surface area (Å²) < 4.78 is 0. The van der Waals surface area contributed by atoms with E-state index in [9.17, 15) is 9.59 Å². The molecule has 0 saturated heterocycles. The molecule has 37 heavy (non-hydrogen) atoms. The highest BCUT2D eigenvalue weighted by Crippen LogP contribution is 2.25. The van der Waals surface area contributed by atoms with Gasteiger partial charge in [-0.3, -0.25) is 9.59 Å². The molecule has 0 aromatic heterocycles. The third-order valence-corrected chi connectivity index (χ3v) is 7.65. The van der Waals surface area contributed by atoms with Crippen LogP contribution in [0.5, 0.6) is 0 Å². The Morgan fingerprint density at radius 2 is 1.62 bits per heavy atom. The standard InChI is InChI=1S/C30H34Cl2N2O2S/c1-2-3-17-33-30(36)28(19-23-10-6-4-7-11-23)34(21-25-14-15-26(31)20-27(25)32)29(35)16-18-37-22-24-12-8-5-9-13-24/h4-15,20,28H,2-3,16-19,21-22H2,1H3,(H,33,36)/t28-/m1/s1. The molecule has 4 nitrogen and oxygen atoms in total. The molecule has 0 aliphatic heterocycles. The van der Waals surface area contributed by atoms with Crippen molar-refractivity contribution in [3.63, 3.8) is 0 Å². The number of amides is 2. The molecule has 0 radical (unpaired) electrons. The van der Waals surface area contributed by atoms with Crippen LogP contribution in [0.3, 0.4) is 0 Å². The van der Waals surface area contributed by atoms with Gasteiger partial charge in [-0.25, -0.2) is 0 Å². The zero-order valence-electron chi connectivity index (χ0n) is 21.2. The predicted molar refractivity (Wildman–Crippen MR) is 156 cm³/mol. The van der Waals surface area contributed by atoms with Gasteiger partial charge < -0.3 is 10.2 Å². The number of thioether (sulfide) groups is 1. The van der Waals surface area contributed by atoms with Crippen molar-refractivity contribution in [3.8, 4) is 0 Å². The van der Waals surface area contributed by atoms with E-state index in [4.69, 9.17) is 23.2 Å². The van der Waals surface area contributed by atoms with E-state index in [1.165, 1.54) is 5.56 Å². The van der Waals surface area contributed by atoms with Crippen molar-refractivity contribution in [1.29, 1.82) is 0 Å². The Morgan fingerprint density at radius 1 is 0.946 bits per heavy atom. The largest absolute Gasteiger partial charge is 0.354 e. The van der Waals surface area contributed by atoms with Gasteiger partial charge >= 0.3 is 0 Å². The third kappa shape index (κ3) is 9.73. The number of carbonyl (C=O) groups excluding carboxylic acids is 2. The topological polar surface area (TPSA) is 49.4 Å². The highest BCUT2D eigenvalue weighted by Gasteiger charge is 2.30. The molecule has 7 heteroatoms. The summed E-state index contributed by atoms with van der Waals surface area (Å²) in [5.74, 6) is 1.28. The van der Waals surface area contributed by atoms with E-state index in [0.717, 1.165) is 29.7 Å². The molecule has 2 amide bonds. The number of nitrogens with zero attached hydrogens (tertiary/aromatic N) is 1. The van der Waals surface area contributed by atoms with Crippen LogP contribution in [0.4, 0.5) is 0 Å². The minimum Gasteiger partial charge on any atom is -0.354 e. The summed E-state index contributed by atoms with van der Waals surface area (Å²) in [7, 11) is 0. The molecule has 3 aromatic rings. The average Bonchev–Trinajstić information content (AvgIpc) is 2.91. The van der Waals surface area contributed by atoms with Crippen molar-refractivity contribution in [2.75, 3.05) is 12.3 Å². The van der Waals surface area contributed by atoms with Gasteiger partial charge in [0.15, 0.2) is 0 Å². The summed E-state index contributed by atoms with van der Waals surface area (Å²) in [5, 5.41) is 4.06. The summed E-state index contributed by atoms with van der Waals surface area (Å²) in [4.78, 5) is 28.8. The molecule has 0 unspecified atom stereocenters. The number of hydrogen-bond donors (Lipinski definition) is 1. The van der Waals surface area contributed by atoms with E-state index < -0.39 is 6.04 Å². The maximum Gasteiger partial charge on any atom is 0.243 e. The molecular weight excluding hydrogens is 523 g/mol. The summed E-state index contributed by atoms with van der Waals surface area (Å²) in [6.45, 7) is 2.90. The Hall–Kier alpha value is -2.47. The minimum atomic E-state index is -0.655. The lowest BCUT2D eigenvalue weighted by Crippen LogP contribution is -2.50. The van der Waals surface area contributed by atoms with Crippen LogP contribution in [0.25, 0.3) is 0 Å². The normalized spacial score (nSPS) is 11.6. The molecule has 0 spiro atoms. The number of benzene rings is 3. The fraction of sp³-hybridized carbons (Fsp3) is 0.333. The SMILES string of the molecule is CCCCNC(=O)[C@@H](Cc1ccccc1)N(Cc1ccc(Cl)cc1Cl)C(=O)CCSCc1ccccc1. The maximum absolute atomic E-state index is 13.7. The van der Waals surface area contributed by atoms with Crippen LogP contribution in [0.2, 0.25) is 10.0 Å². The van der Waals surface area contributed by atoms with Crippen LogP contribution in [0.15, 0.2) is 78.9 Å². The summed E-state index contributed by atoms with van der Waals surface area (Å²) in [6.07, 6.45) is 2.62. The number of halogens is 2. The van der Waals surface area contributed by atoms with E-state index in [1.54, 1.807) is 28.8 Å². The zero-order valence-corrected chi connectivity index (χ0v) is 23.5. The number of unbranched alkanes of at least 4 members (excludes halogenated alkanes) is 1. The molecule has 0 aliphatic carbocycles. The maximum atomic E-state index is 13.7. The molecule has 0 heterocycles. The van der Waals surface area contributed by atoms with Crippen LogP contribution in [-0.2, 0) is 28.3 Å². The first-order chi connectivity index (χ1) is 18.0. The Labute approximate surface area is 234 Å². The zero-order chi connectivity index (χ0) is 26.5. The smallest absolute Gasteiger partial charge is 0.243 e. The molecule has 3 aromatic carbocycles. The summed E-state index contributed by atoms with van der Waals surface area (Å²) >= 11 is 14.3. The van der Waals surface area contributed by atoms with E-state index in [1.807, 2.05) is 54.6 Å². The first-order valence-corrected chi connectivity index (χ1v) is 14.6. The van der Waals surface area contributed by atoms with Gasteiger partial charge in [0.25, 0.3) is 0 Å². The number of rotatable bonds is 14. The molecule has 0 bridgehead atoms. The van der Waals surface area contributed by atoms with Gasteiger partial charge in [-0.15, -0.1) is 0 Å². The lowest BCUT2D eigenvalue weighted by atomic mass is 10.0. The molecule has 3 rings (SSSR count). The first kappa shape index (κ1) is 29.1. The molecule has 0 saturated carbocycles. The van der Waals surface area contributed by atoms with E-state index in [0.29, 0.717) is 35.2 Å². The quantitative estimate of drug-likeness (QED) is 0.214. The minimum absolute atomic E-state index is 0.0712. The van der Waals surface area contributed by atoms with Crippen LogP contribution in [-0.4, -0.2) is 35.1 Å². The van der Waals surface area contributed by atoms with Crippen LogP contribution in [0, 0.1) is 0 Å². The third-order valence-electron chi connectivity index (χ3n) is 6.03. The fourth-order valence-corrected chi connectivity index (χ4v) is 5.32. The van der Waals surface area contributed by atoms with Crippen molar-refractivity contribution >= 4 is 46.8 Å². The second kappa shape index (κ2) is 15.7. The highest BCUT2D eigenvalue weighted by molar-refractivity contribution is 7.98. The van der Waals surface area contributed by atoms with E-state index in [-0.39, 0.29) is 18.4 Å². The van der Waals surface area contributed by atoms with Gasteiger partial charge in [0.05, 0.1) is 0 Å². The van der Waals surface area contributed by atoms with Gasteiger partial charge in [-0.2, -0.15) is 11.8 Å². The Balaban J connectivity index is 1.81. The second-order valence-corrected chi connectivity index (χ2v) is 10.8. The molecule has 0 fully saturated rings. The number of nitrogens with one attached hydrogen (secondary N) is 1. The molecule has 1 atom stereocenters. The van der Waals surface area contributed by atoms with Crippen LogP contribution >= 0.6 is 35.0 Å². The molecule has 0 aliphatic rings. The van der Waals surface area contributed by atoms with Crippen LogP contribution in [0.1, 0.15) is 42.9 Å². The highest BCUT2D eigenvalue weighted by atomic mass is 35.5. The Kier molecular flexibility index (Phi) is 12.3. The van der Waals surface area contributed by atoms with Gasteiger partial charge in [0.1, 0.15) is 6.04 Å². The monoisotopic (exact) mass is 556 g/mol. The molecule has 196 valence electrons. The van der Waals surface area contributed by atoms with Crippen molar-refractivity contribution in [2.45, 2.75) is 50.9 Å². The van der Waals surface area contributed by atoms with Crippen molar-refractivity contribution in [1.82, 2.24) is 10.2 Å². The first-order valence-electron chi connectivity index (χ1n) is 12.6. The van der Waals surface area contributed by atoms with Gasteiger partial charge in [-0.05, 0) is 35.2 Å². The second-order valence-electron chi connectivity index (χ2n) is 8.90. The van der Waals surface area contributed by atoms with Gasteiger partial charge in [0.2, 0.25) is 11.8 Å². The predicted octanol–water partition coefficient (Wildman–Crippen LogP) is 7.17. The lowest BCUT2D eigenvalue weighted by Gasteiger charge is -2.32. The number of carbonyl (C=O) groups is 2. The van der Waals surface area contributed by atoms with Crippen molar-refractivity contribution < 1.29 is 9.59 Å². The van der Waals surface area contributed by atoms with Gasteiger partial charge in [-0.1, -0.05) is 103 Å². The Bertz CT molecular complexity index is 1130. The molecule has 1 N–H and O–H groups in total. The van der Waals surface area contributed by atoms with Gasteiger partial charge in [0, 0.05) is 47.5 Å². The van der Waals surface area contributed by atoms with E-state index >= 15 is 0 Å². The number of hydrogen-bond acceptors (Lipinski definition) is 3. The van der Waals surface area contributed by atoms with Crippen LogP contribution < -0.4 is 5.32 Å².